The molecule has 0 aliphatic carbocycles. The fraction of sp³-hybridized carbons (Fsp3) is 1.00. The Morgan fingerprint density at radius 1 is 1.47 bits per heavy atom. The highest BCUT2D eigenvalue weighted by Crippen LogP contribution is 2.45. The molecule has 2 aliphatic rings. The molecule has 2 aliphatic heterocycles. The summed E-state index contributed by atoms with van der Waals surface area (Å²) >= 11 is 0. The Morgan fingerprint density at radius 3 is 2.76 bits per heavy atom. The first-order valence-electron chi connectivity index (χ1n) is 5.28. The molecule has 0 aromatic heterocycles. The van der Waals surface area contributed by atoms with Gasteiger partial charge in [0.15, 0.2) is 17.7 Å². The van der Waals surface area contributed by atoms with Gasteiger partial charge in [0.25, 0.3) is 0 Å². The zero-order valence-corrected chi connectivity index (χ0v) is 9.61. The quantitative estimate of drug-likeness (QED) is 0.409. The number of rotatable bonds is 3. The van der Waals surface area contributed by atoms with E-state index in [0.717, 1.165) is 0 Å². The van der Waals surface area contributed by atoms with Crippen LogP contribution in [-0.4, -0.2) is 53.3 Å². The van der Waals surface area contributed by atoms with Crippen molar-refractivity contribution in [3.63, 3.8) is 0 Å². The van der Waals surface area contributed by atoms with E-state index in [0.29, 0.717) is 0 Å². The second-order valence-corrected chi connectivity index (χ2v) is 4.59. The lowest BCUT2D eigenvalue weighted by Crippen LogP contribution is -2.50. The van der Waals surface area contributed by atoms with E-state index in [2.05, 4.69) is 10.0 Å². The minimum absolute atomic E-state index is 0.0133. The largest absolute Gasteiger partial charge is 0.393 e. The Hall–Kier alpha value is -0.890. The SMILES string of the molecule is CC1(C)O[C@@H]2[C@@H](CN=[N+]=[N-])OC(O)[C@]2(CO)O1. The topological polar surface area (TPSA) is 117 Å². The van der Waals surface area contributed by atoms with E-state index in [4.69, 9.17) is 19.7 Å². The van der Waals surface area contributed by atoms with Crippen LogP contribution in [0.1, 0.15) is 13.8 Å². The van der Waals surface area contributed by atoms with Gasteiger partial charge in [0.05, 0.1) is 19.3 Å². The van der Waals surface area contributed by atoms with Crippen LogP contribution in [0, 0.1) is 0 Å². The predicted molar refractivity (Wildman–Crippen MR) is 54.7 cm³/mol. The molecular weight excluding hydrogens is 230 g/mol. The van der Waals surface area contributed by atoms with Crippen molar-refractivity contribution in [1.82, 2.24) is 0 Å². The van der Waals surface area contributed by atoms with Crippen LogP contribution in [0.3, 0.4) is 0 Å². The number of ether oxygens (including phenoxy) is 3. The molecule has 0 spiro atoms. The Morgan fingerprint density at radius 2 is 2.18 bits per heavy atom. The first-order chi connectivity index (χ1) is 7.95. The van der Waals surface area contributed by atoms with Gasteiger partial charge in [-0.2, -0.15) is 0 Å². The molecule has 2 N–H and O–H groups in total. The van der Waals surface area contributed by atoms with Crippen molar-refractivity contribution in [1.29, 1.82) is 0 Å². The average Bonchev–Trinajstić information content (AvgIpc) is 2.68. The van der Waals surface area contributed by atoms with Crippen molar-refractivity contribution in [3.05, 3.63) is 10.4 Å². The van der Waals surface area contributed by atoms with Crippen molar-refractivity contribution in [3.8, 4) is 0 Å². The highest BCUT2D eigenvalue weighted by molar-refractivity contribution is 5.07. The molecule has 2 saturated heterocycles. The molecule has 17 heavy (non-hydrogen) atoms. The maximum Gasteiger partial charge on any atom is 0.189 e. The van der Waals surface area contributed by atoms with Crippen molar-refractivity contribution in [2.45, 2.75) is 43.7 Å². The lowest BCUT2D eigenvalue weighted by atomic mass is 9.96. The summed E-state index contributed by atoms with van der Waals surface area (Å²) in [6, 6.07) is 0. The van der Waals surface area contributed by atoms with E-state index in [1.807, 2.05) is 0 Å². The molecule has 2 rings (SSSR count). The summed E-state index contributed by atoms with van der Waals surface area (Å²) in [5.41, 5.74) is 6.97. The number of azide groups is 1. The number of aliphatic hydroxyl groups excluding tert-OH is 2. The lowest BCUT2D eigenvalue weighted by Gasteiger charge is -2.27. The van der Waals surface area contributed by atoms with Crippen LogP contribution in [0.15, 0.2) is 5.11 Å². The van der Waals surface area contributed by atoms with Gasteiger partial charge in [-0.05, 0) is 19.4 Å². The van der Waals surface area contributed by atoms with E-state index in [-0.39, 0.29) is 6.54 Å². The molecule has 0 radical (unpaired) electrons. The normalized spacial score (nSPS) is 43.2. The van der Waals surface area contributed by atoms with Gasteiger partial charge in [0, 0.05) is 4.91 Å². The number of fused-ring (bicyclic) bond motifs is 1. The molecule has 0 saturated carbocycles. The monoisotopic (exact) mass is 245 g/mol. The molecule has 0 bridgehead atoms. The van der Waals surface area contributed by atoms with Gasteiger partial charge in [-0.3, -0.25) is 0 Å². The fourth-order valence-corrected chi connectivity index (χ4v) is 2.33. The van der Waals surface area contributed by atoms with Gasteiger partial charge in [-0.25, -0.2) is 0 Å². The van der Waals surface area contributed by atoms with E-state index in [9.17, 15) is 10.2 Å². The number of nitrogens with zero attached hydrogens (tertiary/aromatic N) is 3. The third-order valence-corrected chi connectivity index (χ3v) is 2.96. The molecule has 0 aromatic rings. The summed E-state index contributed by atoms with van der Waals surface area (Å²) in [4.78, 5) is 2.63. The predicted octanol–water partition coefficient (Wildman–Crippen LogP) is -0.104. The molecule has 8 heteroatoms. The van der Waals surface area contributed by atoms with Crippen LogP contribution in [-0.2, 0) is 14.2 Å². The number of aliphatic hydroxyl groups is 2. The molecule has 0 amide bonds. The van der Waals surface area contributed by atoms with Gasteiger partial charge in [0.2, 0.25) is 0 Å². The van der Waals surface area contributed by atoms with E-state index in [1.54, 1.807) is 13.8 Å². The molecule has 96 valence electrons. The first-order valence-corrected chi connectivity index (χ1v) is 5.28. The van der Waals surface area contributed by atoms with Crippen LogP contribution in [0.4, 0.5) is 0 Å². The minimum Gasteiger partial charge on any atom is -0.393 e. The molecule has 1 unspecified atom stereocenters. The molecule has 2 fully saturated rings. The smallest absolute Gasteiger partial charge is 0.189 e. The fourth-order valence-electron chi connectivity index (χ4n) is 2.33. The Kier molecular flexibility index (Phi) is 3.03. The zero-order chi connectivity index (χ0) is 12.7. The third-order valence-electron chi connectivity index (χ3n) is 2.96. The van der Waals surface area contributed by atoms with Gasteiger partial charge in [-0.15, -0.1) is 0 Å². The van der Waals surface area contributed by atoms with Crippen LogP contribution >= 0.6 is 0 Å². The Labute approximate surface area is 97.7 Å². The van der Waals surface area contributed by atoms with Crippen LogP contribution in [0.5, 0.6) is 0 Å². The Balaban J connectivity index is 2.25. The summed E-state index contributed by atoms with van der Waals surface area (Å²) in [6.45, 7) is 2.94. The standard InChI is InChI=1S/C9H15N3O5/c1-8(2)16-6-5(3-11-12-10)15-7(14)9(6,4-13)17-8/h5-7,13-14H,3-4H2,1-2H3/t5-,6-,7?,9-/m1/s1. The maximum absolute atomic E-state index is 9.83. The van der Waals surface area contributed by atoms with Crippen molar-refractivity contribution >= 4 is 0 Å². The maximum atomic E-state index is 9.83. The zero-order valence-electron chi connectivity index (χ0n) is 9.61. The van der Waals surface area contributed by atoms with Gasteiger partial charge < -0.3 is 24.4 Å². The van der Waals surface area contributed by atoms with Gasteiger partial charge in [0.1, 0.15) is 6.10 Å². The van der Waals surface area contributed by atoms with Crippen molar-refractivity contribution in [2.75, 3.05) is 13.2 Å². The molecule has 0 aromatic carbocycles. The molecular formula is C9H15N3O5. The second kappa shape index (κ2) is 4.09. The highest BCUT2D eigenvalue weighted by atomic mass is 16.8. The van der Waals surface area contributed by atoms with Crippen molar-refractivity contribution < 1.29 is 24.4 Å². The summed E-state index contributed by atoms with van der Waals surface area (Å²) in [5, 5.41) is 22.6. The highest BCUT2D eigenvalue weighted by Gasteiger charge is 2.65. The number of hydrogen-bond donors (Lipinski definition) is 2. The van der Waals surface area contributed by atoms with Crippen LogP contribution < -0.4 is 0 Å². The summed E-state index contributed by atoms with van der Waals surface area (Å²) < 4.78 is 16.3. The van der Waals surface area contributed by atoms with Crippen molar-refractivity contribution in [2.24, 2.45) is 5.11 Å². The summed E-state index contributed by atoms with van der Waals surface area (Å²) in [6.07, 6.45) is -2.60. The van der Waals surface area contributed by atoms with Crippen LogP contribution in [0.2, 0.25) is 0 Å². The van der Waals surface area contributed by atoms with E-state index < -0.39 is 36.5 Å². The lowest BCUT2D eigenvalue weighted by molar-refractivity contribution is -0.251. The second-order valence-electron chi connectivity index (χ2n) is 4.59. The van der Waals surface area contributed by atoms with E-state index in [1.165, 1.54) is 0 Å². The summed E-state index contributed by atoms with van der Waals surface area (Å²) in [5.74, 6) is -0.924. The van der Waals surface area contributed by atoms with Gasteiger partial charge >= 0.3 is 0 Å². The minimum atomic E-state index is -1.31. The first kappa shape index (κ1) is 12.6. The summed E-state index contributed by atoms with van der Waals surface area (Å²) in [7, 11) is 0. The Bertz CT molecular complexity index is 357. The average molecular weight is 245 g/mol. The molecule has 8 nitrogen and oxygen atoms in total. The van der Waals surface area contributed by atoms with E-state index >= 15 is 0 Å². The number of hydrogen-bond acceptors (Lipinski definition) is 6. The molecule has 2 heterocycles. The van der Waals surface area contributed by atoms with Crippen LogP contribution in [0.25, 0.3) is 10.4 Å². The molecule has 4 atom stereocenters. The third kappa shape index (κ3) is 1.89. The van der Waals surface area contributed by atoms with Gasteiger partial charge in [-0.1, -0.05) is 5.11 Å².